The number of aryl methyl sites for hydroxylation is 1. The van der Waals surface area contributed by atoms with Crippen molar-refractivity contribution >= 4 is 19.6 Å². The van der Waals surface area contributed by atoms with Gasteiger partial charge in [0.2, 0.25) is 0 Å². The van der Waals surface area contributed by atoms with Crippen molar-refractivity contribution in [3.63, 3.8) is 0 Å². The number of benzene rings is 1. The van der Waals surface area contributed by atoms with Gasteiger partial charge >= 0.3 is 0 Å². The molecule has 0 saturated heterocycles. The Balaban J connectivity index is 2.23. The number of anilines is 2. The highest BCUT2D eigenvalue weighted by Gasteiger charge is 2.17. The van der Waals surface area contributed by atoms with Crippen molar-refractivity contribution in [2.45, 2.75) is 32.1 Å². The number of hydrogen-bond acceptors (Lipinski definition) is 3. The van der Waals surface area contributed by atoms with E-state index in [2.05, 4.69) is 53.7 Å². The zero-order valence-electron chi connectivity index (χ0n) is 12.8. The van der Waals surface area contributed by atoms with Crippen LogP contribution in [0.15, 0.2) is 42.7 Å². The van der Waals surface area contributed by atoms with Crippen LogP contribution in [0.1, 0.15) is 5.69 Å². The Morgan fingerprint density at radius 1 is 1.00 bits per heavy atom. The topological polar surface area (TPSA) is 29.0 Å². The average Bonchev–Trinajstić information content (AvgIpc) is 2.45. The van der Waals surface area contributed by atoms with Crippen LogP contribution in [0.4, 0.5) is 11.5 Å². The molecule has 0 bridgehead atoms. The summed E-state index contributed by atoms with van der Waals surface area (Å²) in [6.07, 6.45) is 4.57. The summed E-state index contributed by atoms with van der Waals surface area (Å²) in [6, 6.07) is 11.5. The molecule has 0 amide bonds. The maximum absolute atomic E-state index is 4.55. The third-order valence-electron chi connectivity index (χ3n) is 3.32. The first kappa shape index (κ1) is 14.7. The molecule has 20 heavy (non-hydrogen) atoms. The molecule has 2 rings (SSSR count). The van der Waals surface area contributed by atoms with Gasteiger partial charge in [-0.05, 0) is 18.6 Å². The SMILES string of the molecule is CN(c1ccccc1)c1nccnc1CC[Si](C)(C)C. The maximum Gasteiger partial charge on any atom is 0.154 e. The molecule has 3 nitrogen and oxygen atoms in total. The van der Waals surface area contributed by atoms with Crippen molar-refractivity contribution in [3.05, 3.63) is 48.4 Å². The number of nitrogens with zero attached hydrogens (tertiary/aromatic N) is 3. The fraction of sp³-hybridized carbons (Fsp3) is 0.375. The van der Waals surface area contributed by atoms with Gasteiger partial charge in [-0.3, -0.25) is 4.98 Å². The largest absolute Gasteiger partial charge is 0.328 e. The van der Waals surface area contributed by atoms with Gasteiger partial charge < -0.3 is 4.90 Å². The summed E-state index contributed by atoms with van der Waals surface area (Å²) in [5, 5.41) is 0. The molecular weight excluding hydrogens is 262 g/mol. The summed E-state index contributed by atoms with van der Waals surface area (Å²) in [4.78, 5) is 11.2. The van der Waals surface area contributed by atoms with E-state index in [0.29, 0.717) is 0 Å². The number of aromatic nitrogens is 2. The first-order valence-corrected chi connectivity index (χ1v) is 10.8. The summed E-state index contributed by atoms with van der Waals surface area (Å²) < 4.78 is 0. The summed E-state index contributed by atoms with van der Waals surface area (Å²) in [6.45, 7) is 7.18. The second-order valence-corrected chi connectivity index (χ2v) is 11.9. The van der Waals surface area contributed by atoms with Crippen LogP contribution >= 0.6 is 0 Å². The van der Waals surface area contributed by atoms with Crippen LogP contribution < -0.4 is 4.90 Å². The minimum atomic E-state index is -1.06. The Hall–Kier alpha value is -1.68. The van der Waals surface area contributed by atoms with Gasteiger partial charge in [-0.1, -0.05) is 43.9 Å². The zero-order valence-corrected chi connectivity index (χ0v) is 13.8. The Morgan fingerprint density at radius 3 is 2.30 bits per heavy atom. The number of para-hydroxylation sites is 1. The second kappa shape index (κ2) is 6.18. The van der Waals surface area contributed by atoms with Crippen molar-refractivity contribution in [2.24, 2.45) is 0 Å². The molecule has 0 atom stereocenters. The van der Waals surface area contributed by atoms with Crippen LogP contribution in [-0.2, 0) is 6.42 Å². The molecule has 106 valence electrons. The smallest absolute Gasteiger partial charge is 0.154 e. The van der Waals surface area contributed by atoms with Crippen molar-refractivity contribution in [2.75, 3.05) is 11.9 Å². The highest BCUT2D eigenvalue weighted by atomic mass is 28.3. The van der Waals surface area contributed by atoms with Crippen molar-refractivity contribution < 1.29 is 0 Å². The fourth-order valence-electron chi connectivity index (χ4n) is 2.08. The third-order valence-corrected chi connectivity index (χ3v) is 5.07. The minimum absolute atomic E-state index is 0.969. The van der Waals surface area contributed by atoms with Crippen LogP contribution in [0.25, 0.3) is 0 Å². The van der Waals surface area contributed by atoms with Gasteiger partial charge in [0.1, 0.15) is 0 Å². The van der Waals surface area contributed by atoms with E-state index in [9.17, 15) is 0 Å². The van der Waals surface area contributed by atoms with Crippen LogP contribution in [0, 0.1) is 0 Å². The normalized spacial score (nSPS) is 11.4. The van der Waals surface area contributed by atoms with Gasteiger partial charge in [0.15, 0.2) is 5.82 Å². The molecule has 0 aliphatic heterocycles. The summed E-state index contributed by atoms with van der Waals surface area (Å²) in [7, 11) is 0.990. The molecule has 0 aliphatic rings. The van der Waals surface area contributed by atoms with Gasteiger partial charge in [0.05, 0.1) is 5.69 Å². The minimum Gasteiger partial charge on any atom is -0.328 e. The molecule has 2 aromatic rings. The summed E-state index contributed by atoms with van der Waals surface area (Å²) in [5.74, 6) is 0.969. The van der Waals surface area contributed by atoms with E-state index in [1.807, 2.05) is 18.2 Å². The number of rotatable bonds is 5. The predicted octanol–water partition coefficient (Wildman–Crippen LogP) is 4.13. The molecule has 1 aromatic carbocycles. The molecule has 0 unspecified atom stereocenters. The fourth-order valence-corrected chi connectivity index (χ4v) is 3.07. The highest BCUT2D eigenvalue weighted by molar-refractivity contribution is 6.76. The molecule has 1 aromatic heterocycles. The third kappa shape index (κ3) is 3.90. The molecule has 1 heterocycles. The van der Waals surface area contributed by atoms with Gasteiger partial charge in [-0.25, -0.2) is 4.98 Å². The lowest BCUT2D eigenvalue weighted by molar-refractivity contribution is 0.953. The Morgan fingerprint density at radius 2 is 1.65 bits per heavy atom. The Kier molecular flexibility index (Phi) is 4.55. The van der Waals surface area contributed by atoms with E-state index < -0.39 is 8.07 Å². The van der Waals surface area contributed by atoms with E-state index in [1.54, 1.807) is 12.4 Å². The molecule has 4 heteroatoms. The highest BCUT2D eigenvalue weighted by Crippen LogP contribution is 2.25. The lowest BCUT2D eigenvalue weighted by Gasteiger charge is -2.22. The van der Waals surface area contributed by atoms with E-state index in [4.69, 9.17) is 0 Å². The Labute approximate surface area is 122 Å². The van der Waals surface area contributed by atoms with Gasteiger partial charge in [-0.2, -0.15) is 0 Å². The van der Waals surface area contributed by atoms with Crippen LogP contribution in [0.2, 0.25) is 25.7 Å². The molecular formula is C16H23N3Si. The molecule has 0 aliphatic carbocycles. The van der Waals surface area contributed by atoms with Gasteiger partial charge in [0, 0.05) is 33.2 Å². The Bertz CT molecular complexity index is 549. The van der Waals surface area contributed by atoms with Crippen molar-refractivity contribution in [3.8, 4) is 0 Å². The first-order chi connectivity index (χ1) is 9.47. The van der Waals surface area contributed by atoms with Crippen LogP contribution in [0.5, 0.6) is 0 Å². The standard InChI is InChI=1S/C16H23N3Si/c1-19(14-8-6-5-7-9-14)16-15(17-11-12-18-16)10-13-20(2,3)4/h5-9,11-12H,10,13H2,1-4H3. The monoisotopic (exact) mass is 285 g/mol. The molecule has 0 fully saturated rings. The summed E-state index contributed by atoms with van der Waals surface area (Å²) in [5.41, 5.74) is 2.24. The van der Waals surface area contributed by atoms with Crippen LogP contribution in [0.3, 0.4) is 0 Å². The maximum atomic E-state index is 4.55. The van der Waals surface area contributed by atoms with Gasteiger partial charge in [0.25, 0.3) is 0 Å². The molecule has 0 N–H and O–H groups in total. The average molecular weight is 285 g/mol. The second-order valence-electron chi connectivity index (χ2n) is 6.28. The quantitative estimate of drug-likeness (QED) is 0.774. The van der Waals surface area contributed by atoms with E-state index in [-0.39, 0.29) is 0 Å². The molecule has 0 saturated carbocycles. The predicted molar refractivity (Wildman–Crippen MR) is 88.4 cm³/mol. The summed E-state index contributed by atoms with van der Waals surface area (Å²) >= 11 is 0. The number of hydrogen-bond donors (Lipinski definition) is 0. The lowest BCUT2D eigenvalue weighted by Crippen LogP contribution is -2.21. The van der Waals surface area contributed by atoms with E-state index in [0.717, 1.165) is 23.6 Å². The lowest BCUT2D eigenvalue weighted by atomic mass is 10.2. The van der Waals surface area contributed by atoms with Crippen molar-refractivity contribution in [1.82, 2.24) is 9.97 Å². The van der Waals surface area contributed by atoms with E-state index in [1.165, 1.54) is 6.04 Å². The van der Waals surface area contributed by atoms with E-state index >= 15 is 0 Å². The zero-order chi connectivity index (χ0) is 14.6. The molecule has 0 radical (unpaired) electrons. The molecule has 0 spiro atoms. The van der Waals surface area contributed by atoms with Crippen LogP contribution in [-0.4, -0.2) is 25.1 Å². The van der Waals surface area contributed by atoms with Crippen molar-refractivity contribution in [1.29, 1.82) is 0 Å². The van der Waals surface area contributed by atoms with Gasteiger partial charge in [-0.15, -0.1) is 0 Å². The first-order valence-electron chi connectivity index (χ1n) is 7.06.